The summed E-state index contributed by atoms with van der Waals surface area (Å²) in [5.41, 5.74) is 0.917. The molecule has 0 aromatic heterocycles. The van der Waals surface area contributed by atoms with Gasteiger partial charge in [0.15, 0.2) is 0 Å². The predicted octanol–water partition coefficient (Wildman–Crippen LogP) is 1.38. The average molecular weight is 345 g/mol. The Morgan fingerprint density at radius 1 is 1.16 bits per heavy atom. The van der Waals surface area contributed by atoms with Crippen molar-refractivity contribution in [1.29, 1.82) is 0 Å². The zero-order chi connectivity index (χ0) is 18.1. The number of likely N-dealkylation sites (N-methyl/N-ethyl adjacent to an activating group) is 1. The molecule has 0 unspecified atom stereocenters. The minimum Gasteiger partial charge on any atom is -0.497 e. The van der Waals surface area contributed by atoms with E-state index in [2.05, 4.69) is 17.3 Å². The van der Waals surface area contributed by atoms with Crippen molar-refractivity contribution in [3.8, 4) is 5.75 Å². The molecule has 2 rings (SSSR count). The molecule has 1 aromatic carbocycles. The summed E-state index contributed by atoms with van der Waals surface area (Å²) in [7, 11) is 3.69. The van der Waals surface area contributed by atoms with E-state index in [1.807, 2.05) is 29.2 Å². The number of hydrogen-bond acceptors (Lipinski definition) is 4. The van der Waals surface area contributed by atoms with Gasteiger partial charge in [-0.3, -0.25) is 9.59 Å². The monoisotopic (exact) mass is 345 g/mol. The molecular formula is C19H27N3O3. The Labute approximate surface area is 149 Å². The largest absolute Gasteiger partial charge is 0.497 e. The number of carbonyl (C=O) groups excluding carboxylic acids is 2. The fourth-order valence-electron chi connectivity index (χ4n) is 2.69. The molecule has 1 aromatic rings. The Morgan fingerprint density at radius 2 is 1.92 bits per heavy atom. The fraction of sp³-hybridized carbons (Fsp3) is 0.474. The van der Waals surface area contributed by atoms with E-state index in [0.29, 0.717) is 13.0 Å². The van der Waals surface area contributed by atoms with E-state index in [-0.39, 0.29) is 11.8 Å². The molecule has 0 saturated carbocycles. The smallest absolute Gasteiger partial charge is 0.244 e. The molecule has 1 N–H and O–H groups in total. The number of benzene rings is 1. The van der Waals surface area contributed by atoms with E-state index in [4.69, 9.17) is 4.74 Å². The van der Waals surface area contributed by atoms with Crippen LogP contribution in [0, 0.1) is 0 Å². The molecule has 0 atom stereocenters. The Hall–Kier alpha value is -2.34. The molecule has 1 heterocycles. The van der Waals surface area contributed by atoms with E-state index in [1.54, 1.807) is 13.2 Å². The van der Waals surface area contributed by atoms with E-state index >= 15 is 0 Å². The highest BCUT2D eigenvalue weighted by atomic mass is 16.5. The van der Waals surface area contributed by atoms with Gasteiger partial charge in [0.25, 0.3) is 0 Å². The molecule has 1 saturated heterocycles. The molecule has 0 radical (unpaired) electrons. The van der Waals surface area contributed by atoms with E-state index < -0.39 is 0 Å². The highest BCUT2D eigenvalue weighted by Crippen LogP contribution is 2.12. The number of nitrogens with one attached hydrogen (secondary N) is 1. The van der Waals surface area contributed by atoms with Crippen molar-refractivity contribution in [2.75, 3.05) is 46.9 Å². The first-order valence-electron chi connectivity index (χ1n) is 8.65. The van der Waals surface area contributed by atoms with Gasteiger partial charge in [-0.2, -0.15) is 0 Å². The van der Waals surface area contributed by atoms with Crippen LogP contribution in [-0.2, 0) is 9.59 Å². The van der Waals surface area contributed by atoms with Crippen LogP contribution >= 0.6 is 0 Å². The van der Waals surface area contributed by atoms with Crippen molar-refractivity contribution in [3.05, 3.63) is 35.9 Å². The molecule has 25 heavy (non-hydrogen) atoms. The Kier molecular flexibility index (Phi) is 7.47. The van der Waals surface area contributed by atoms with Gasteiger partial charge in [0.05, 0.1) is 7.11 Å². The molecule has 2 amide bonds. The maximum atomic E-state index is 12.2. The first-order chi connectivity index (χ1) is 12.1. The van der Waals surface area contributed by atoms with Crippen molar-refractivity contribution in [2.24, 2.45) is 0 Å². The minimum atomic E-state index is -0.195. The second-order valence-electron chi connectivity index (χ2n) is 6.19. The van der Waals surface area contributed by atoms with Crippen molar-refractivity contribution < 1.29 is 14.3 Å². The average Bonchev–Trinajstić information content (AvgIpc) is 2.85. The maximum Gasteiger partial charge on any atom is 0.244 e. The van der Waals surface area contributed by atoms with Crippen molar-refractivity contribution in [3.63, 3.8) is 0 Å². The number of rotatable bonds is 6. The van der Waals surface area contributed by atoms with Gasteiger partial charge >= 0.3 is 0 Å². The summed E-state index contributed by atoms with van der Waals surface area (Å²) < 4.78 is 5.09. The summed E-state index contributed by atoms with van der Waals surface area (Å²) in [6.45, 7) is 3.85. The number of carbonyl (C=O) groups is 2. The summed E-state index contributed by atoms with van der Waals surface area (Å²) in [6.07, 6.45) is 4.55. The van der Waals surface area contributed by atoms with Crippen LogP contribution in [0.15, 0.2) is 30.3 Å². The maximum absolute atomic E-state index is 12.2. The third-order valence-corrected chi connectivity index (χ3v) is 4.25. The van der Waals surface area contributed by atoms with Gasteiger partial charge in [0.1, 0.15) is 5.75 Å². The van der Waals surface area contributed by atoms with Crippen LogP contribution in [0.5, 0.6) is 5.75 Å². The van der Waals surface area contributed by atoms with E-state index in [9.17, 15) is 9.59 Å². The lowest BCUT2D eigenvalue weighted by molar-refractivity contribution is -0.131. The Balaban J connectivity index is 1.70. The highest BCUT2D eigenvalue weighted by molar-refractivity contribution is 5.92. The normalized spacial score (nSPS) is 15.8. The quantitative estimate of drug-likeness (QED) is 0.791. The van der Waals surface area contributed by atoms with Crippen LogP contribution in [0.3, 0.4) is 0 Å². The van der Waals surface area contributed by atoms with Crippen LogP contribution in [0.4, 0.5) is 0 Å². The van der Waals surface area contributed by atoms with Crippen molar-refractivity contribution >= 4 is 17.9 Å². The molecule has 1 aliphatic heterocycles. The van der Waals surface area contributed by atoms with Crippen LogP contribution in [-0.4, -0.2) is 68.5 Å². The van der Waals surface area contributed by atoms with Gasteiger partial charge in [-0.1, -0.05) is 12.1 Å². The number of nitrogens with zero attached hydrogens (tertiary/aromatic N) is 2. The standard InChI is InChI=1S/C19H27N3O3/c1-21-12-3-13-22(15-14-21)19(24)10-11-20-18(23)9-6-16-4-7-17(25-2)8-5-16/h4-9H,3,10-15H2,1-2H3,(H,20,23)/b9-6+. The molecule has 1 fully saturated rings. The molecule has 0 spiro atoms. The predicted molar refractivity (Wildman–Crippen MR) is 98.3 cm³/mol. The molecule has 136 valence electrons. The number of amides is 2. The lowest BCUT2D eigenvalue weighted by atomic mass is 10.2. The minimum absolute atomic E-state index is 0.106. The van der Waals surface area contributed by atoms with E-state index in [0.717, 1.165) is 43.9 Å². The topological polar surface area (TPSA) is 61.9 Å². The van der Waals surface area contributed by atoms with Crippen LogP contribution < -0.4 is 10.1 Å². The van der Waals surface area contributed by atoms with Gasteiger partial charge in [-0.15, -0.1) is 0 Å². The van der Waals surface area contributed by atoms with Gasteiger partial charge in [-0.05, 0) is 43.8 Å². The summed E-state index contributed by atoms with van der Waals surface area (Å²) in [5, 5.41) is 2.76. The number of hydrogen-bond donors (Lipinski definition) is 1. The number of ether oxygens (including phenoxy) is 1. The molecular weight excluding hydrogens is 318 g/mol. The van der Waals surface area contributed by atoms with Crippen molar-refractivity contribution in [2.45, 2.75) is 12.8 Å². The number of methoxy groups -OCH3 is 1. The molecule has 6 nitrogen and oxygen atoms in total. The zero-order valence-electron chi connectivity index (χ0n) is 15.0. The van der Waals surface area contributed by atoms with Crippen LogP contribution in [0.1, 0.15) is 18.4 Å². The van der Waals surface area contributed by atoms with Gasteiger partial charge in [0, 0.05) is 38.7 Å². The molecule has 0 bridgehead atoms. The van der Waals surface area contributed by atoms with Gasteiger partial charge in [-0.25, -0.2) is 0 Å². The van der Waals surface area contributed by atoms with E-state index in [1.165, 1.54) is 6.08 Å². The second-order valence-corrected chi connectivity index (χ2v) is 6.19. The molecule has 6 heteroatoms. The molecule has 0 aliphatic carbocycles. The van der Waals surface area contributed by atoms with Crippen LogP contribution in [0.25, 0.3) is 6.08 Å². The zero-order valence-corrected chi connectivity index (χ0v) is 15.0. The van der Waals surface area contributed by atoms with Crippen LogP contribution in [0.2, 0.25) is 0 Å². The first kappa shape index (κ1) is 19.0. The summed E-state index contributed by atoms with van der Waals surface area (Å²) in [6, 6.07) is 7.44. The first-order valence-corrected chi connectivity index (χ1v) is 8.65. The third-order valence-electron chi connectivity index (χ3n) is 4.25. The second kappa shape index (κ2) is 9.84. The van der Waals surface area contributed by atoms with Crippen molar-refractivity contribution in [1.82, 2.24) is 15.1 Å². The Morgan fingerprint density at radius 3 is 2.64 bits per heavy atom. The van der Waals surface area contributed by atoms with Gasteiger partial charge < -0.3 is 19.9 Å². The summed E-state index contributed by atoms with van der Waals surface area (Å²) >= 11 is 0. The Bertz CT molecular complexity index is 598. The highest BCUT2D eigenvalue weighted by Gasteiger charge is 2.16. The van der Waals surface area contributed by atoms with Gasteiger partial charge in [0.2, 0.25) is 11.8 Å². The fourth-order valence-corrected chi connectivity index (χ4v) is 2.69. The third kappa shape index (κ3) is 6.58. The lowest BCUT2D eigenvalue weighted by Crippen LogP contribution is -2.36. The summed E-state index contributed by atoms with van der Waals surface area (Å²) in [4.78, 5) is 28.2. The summed E-state index contributed by atoms with van der Waals surface area (Å²) in [5.74, 6) is 0.689. The SMILES string of the molecule is COc1ccc(/C=C/C(=O)NCCC(=O)N2CCCN(C)CC2)cc1. The lowest BCUT2D eigenvalue weighted by Gasteiger charge is -2.20. The molecule has 1 aliphatic rings.